The topological polar surface area (TPSA) is 38.1 Å². The van der Waals surface area contributed by atoms with Crippen LogP contribution in [0.4, 0.5) is 0 Å². The number of hydrogen-bond acceptors (Lipinski definition) is 4. The normalized spacial score (nSPS) is 13.5. The van der Waals surface area contributed by atoms with Crippen molar-refractivity contribution in [2.75, 3.05) is 12.8 Å². The molecule has 74 valence electrons. The second-order valence-electron chi connectivity index (χ2n) is 3.25. The Labute approximate surface area is 83.3 Å². The summed E-state index contributed by atoms with van der Waals surface area (Å²) in [4.78, 5) is 4.05. The van der Waals surface area contributed by atoms with Gasteiger partial charge >= 0.3 is 0 Å². The van der Waals surface area contributed by atoms with Gasteiger partial charge in [-0.2, -0.15) is 0 Å². The van der Waals surface area contributed by atoms with Crippen molar-refractivity contribution in [2.24, 2.45) is 5.92 Å². The SMILES string of the molecule is CNC(CSc1ncco1)C(C)C. The van der Waals surface area contributed by atoms with E-state index in [9.17, 15) is 0 Å². The Balaban J connectivity index is 2.32. The van der Waals surface area contributed by atoms with Gasteiger partial charge in [0.15, 0.2) is 0 Å². The highest BCUT2D eigenvalue weighted by Crippen LogP contribution is 2.18. The molecule has 0 radical (unpaired) electrons. The average molecular weight is 200 g/mol. The van der Waals surface area contributed by atoms with E-state index in [1.165, 1.54) is 0 Å². The summed E-state index contributed by atoms with van der Waals surface area (Å²) in [5.74, 6) is 1.63. The average Bonchev–Trinajstić information content (AvgIpc) is 2.57. The summed E-state index contributed by atoms with van der Waals surface area (Å²) >= 11 is 1.65. The number of aromatic nitrogens is 1. The Kier molecular flexibility index (Phi) is 4.32. The smallest absolute Gasteiger partial charge is 0.255 e. The van der Waals surface area contributed by atoms with E-state index in [4.69, 9.17) is 4.42 Å². The van der Waals surface area contributed by atoms with Gasteiger partial charge in [-0.15, -0.1) is 0 Å². The molecule has 1 unspecified atom stereocenters. The first-order valence-corrected chi connectivity index (χ1v) is 5.42. The number of hydrogen-bond donors (Lipinski definition) is 1. The number of nitrogens with zero attached hydrogens (tertiary/aromatic N) is 1. The Bertz CT molecular complexity index is 224. The molecule has 1 N–H and O–H groups in total. The summed E-state index contributed by atoms with van der Waals surface area (Å²) in [5, 5.41) is 4.02. The van der Waals surface area contributed by atoms with Gasteiger partial charge in [0.2, 0.25) is 0 Å². The molecule has 1 heterocycles. The van der Waals surface area contributed by atoms with Crippen LogP contribution in [0.2, 0.25) is 0 Å². The molecule has 0 aromatic carbocycles. The van der Waals surface area contributed by atoms with E-state index in [2.05, 4.69) is 24.1 Å². The van der Waals surface area contributed by atoms with Crippen LogP contribution in [0.3, 0.4) is 0 Å². The minimum Gasteiger partial charge on any atom is -0.440 e. The van der Waals surface area contributed by atoms with Gasteiger partial charge in [-0.05, 0) is 13.0 Å². The summed E-state index contributed by atoms with van der Waals surface area (Å²) in [5.41, 5.74) is 0. The lowest BCUT2D eigenvalue weighted by Crippen LogP contribution is -2.32. The van der Waals surface area contributed by atoms with Crippen LogP contribution < -0.4 is 5.32 Å². The molecule has 0 aliphatic carbocycles. The molecule has 0 saturated heterocycles. The van der Waals surface area contributed by atoms with Crippen LogP contribution in [0.15, 0.2) is 22.1 Å². The molecule has 13 heavy (non-hydrogen) atoms. The summed E-state index contributed by atoms with van der Waals surface area (Å²) in [6.07, 6.45) is 3.28. The zero-order valence-corrected chi connectivity index (χ0v) is 9.10. The van der Waals surface area contributed by atoms with E-state index in [1.807, 2.05) is 7.05 Å². The van der Waals surface area contributed by atoms with Crippen molar-refractivity contribution in [1.82, 2.24) is 10.3 Å². The molecule has 0 aliphatic heterocycles. The van der Waals surface area contributed by atoms with Gasteiger partial charge in [-0.25, -0.2) is 4.98 Å². The third-order valence-electron chi connectivity index (χ3n) is 1.97. The van der Waals surface area contributed by atoms with Gasteiger partial charge < -0.3 is 9.73 Å². The van der Waals surface area contributed by atoms with Gasteiger partial charge in [0, 0.05) is 11.8 Å². The molecule has 0 saturated carbocycles. The first-order valence-electron chi connectivity index (χ1n) is 4.43. The third-order valence-corrected chi connectivity index (χ3v) is 2.95. The molecule has 1 rings (SSSR count). The van der Waals surface area contributed by atoms with Gasteiger partial charge in [0.25, 0.3) is 5.22 Å². The lowest BCUT2D eigenvalue weighted by molar-refractivity contribution is 0.445. The van der Waals surface area contributed by atoms with Crippen LogP contribution in [0.5, 0.6) is 0 Å². The summed E-state index contributed by atoms with van der Waals surface area (Å²) in [6, 6.07) is 0.511. The molecule has 1 atom stereocenters. The van der Waals surface area contributed by atoms with Crippen LogP contribution in [0.25, 0.3) is 0 Å². The summed E-state index contributed by atoms with van der Waals surface area (Å²) in [6.45, 7) is 4.41. The molecular formula is C9H16N2OS. The fraction of sp³-hybridized carbons (Fsp3) is 0.667. The van der Waals surface area contributed by atoms with E-state index in [-0.39, 0.29) is 0 Å². The zero-order chi connectivity index (χ0) is 9.68. The molecule has 0 fully saturated rings. The maximum Gasteiger partial charge on any atom is 0.255 e. The second kappa shape index (κ2) is 5.29. The van der Waals surface area contributed by atoms with Crippen molar-refractivity contribution in [2.45, 2.75) is 25.1 Å². The van der Waals surface area contributed by atoms with Gasteiger partial charge in [-0.1, -0.05) is 25.6 Å². The first-order chi connectivity index (χ1) is 6.24. The molecule has 0 amide bonds. The predicted molar refractivity (Wildman–Crippen MR) is 54.9 cm³/mol. The van der Waals surface area contributed by atoms with Gasteiger partial charge in [-0.3, -0.25) is 0 Å². The van der Waals surface area contributed by atoms with E-state index in [1.54, 1.807) is 24.2 Å². The van der Waals surface area contributed by atoms with E-state index in [0.717, 1.165) is 11.0 Å². The number of thioether (sulfide) groups is 1. The predicted octanol–water partition coefficient (Wildman–Crippen LogP) is 2.01. The Hall–Kier alpha value is -0.480. The van der Waals surface area contributed by atoms with Crippen LogP contribution in [0, 0.1) is 5.92 Å². The van der Waals surface area contributed by atoms with Gasteiger partial charge in [0.1, 0.15) is 6.26 Å². The maximum absolute atomic E-state index is 5.13. The molecular weight excluding hydrogens is 184 g/mol. The number of nitrogens with one attached hydrogen (secondary N) is 1. The molecule has 3 nitrogen and oxygen atoms in total. The van der Waals surface area contributed by atoms with Crippen molar-refractivity contribution in [3.63, 3.8) is 0 Å². The van der Waals surface area contributed by atoms with E-state index >= 15 is 0 Å². The summed E-state index contributed by atoms with van der Waals surface area (Å²) < 4.78 is 5.13. The minimum absolute atomic E-state index is 0.511. The first kappa shape index (κ1) is 10.6. The fourth-order valence-corrected chi connectivity index (χ4v) is 2.18. The van der Waals surface area contributed by atoms with Crippen molar-refractivity contribution in [1.29, 1.82) is 0 Å². The van der Waals surface area contributed by atoms with Crippen LogP contribution in [0.1, 0.15) is 13.8 Å². The van der Waals surface area contributed by atoms with Crippen LogP contribution >= 0.6 is 11.8 Å². The summed E-state index contributed by atoms with van der Waals surface area (Å²) in [7, 11) is 1.99. The molecule has 1 aromatic heterocycles. The minimum atomic E-state index is 0.511. The van der Waals surface area contributed by atoms with Crippen LogP contribution in [-0.4, -0.2) is 23.8 Å². The highest BCUT2D eigenvalue weighted by Gasteiger charge is 2.12. The highest BCUT2D eigenvalue weighted by molar-refractivity contribution is 7.99. The van der Waals surface area contributed by atoms with Crippen molar-refractivity contribution >= 4 is 11.8 Å². The number of oxazole rings is 1. The standard InChI is InChI=1S/C9H16N2OS/c1-7(2)8(10-3)6-13-9-11-4-5-12-9/h4-5,7-8,10H,6H2,1-3H3. The Morgan fingerprint density at radius 3 is 2.85 bits per heavy atom. The van der Waals surface area contributed by atoms with Crippen molar-refractivity contribution in [3.8, 4) is 0 Å². The molecule has 1 aromatic rings. The molecule has 0 bridgehead atoms. The van der Waals surface area contributed by atoms with Crippen molar-refractivity contribution < 1.29 is 4.42 Å². The van der Waals surface area contributed by atoms with E-state index in [0.29, 0.717) is 12.0 Å². The third kappa shape index (κ3) is 3.40. The number of rotatable bonds is 5. The maximum atomic E-state index is 5.13. The molecule has 0 spiro atoms. The van der Waals surface area contributed by atoms with Crippen LogP contribution in [-0.2, 0) is 0 Å². The zero-order valence-electron chi connectivity index (χ0n) is 8.28. The quantitative estimate of drug-likeness (QED) is 0.738. The highest BCUT2D eigenvalue weighted by atomic mass is 32.2. The van der Waals surface area contributed by atoms with E-state index < -0.39 is 0 Å². The largest absolute Gasteiger partial charge is 0.440 e. The Morgan fingerprint density at radius 1 is 1.62 bits per heavy atom. The van der Waals surface area contributed by atoms with Crippen molar-refractivity contribution in [3.05, 3.63) is 12.5 Å². The van der Waals surface area contributed by atoms with Gasteiger partial charge in [0.05, 0.1) is 6.20 Å². The lowest BCUT2D eigenvalue weighted by atomic mass is 10.1. The lowest BCUT2D eigenvalue weighted by Gasteiger charge is -2.18. The fourth-order valence-electron chi connectivity index (χ4n) is 1.05. The Morgan fingerprint density at radius 2 is 2.38 bits per heavy atom. The molecule has 0 aliphatic rings. The monoisotopic (exact) mass is 200 g/mol. The molecule has 4 heteroatoms. The second-order valence-corrected chi connectivity index (χ2v) is 4.22.